The predicted octanol–water partition coefficient (Wildman–Crippen LogP) is 3.57. The number of thioether (sulfide) groups is 1. The van der Waals surface area contributed by atoms with Gasteiger partial charge in [0.1, 0.15) is 0 Å². The molecule has 0 saturated carbocycles. The number of benzene rings is 1. The lowest BCUT2D eigenvalue weighted by Crippen LogP contribution is -2.44. The van der Waals surface area contributed by atoms with Gasteiger partial charge in [-0.15, -0.1) is 0 Å². The number of nitrogens with one attached hydrogen (secondary N) is 1. The molecule has 2 saturated heterocycles. The van der Waals surface area contributed by atoms with Crippen LogP contribution in [0.3, 0.4) is 0 Å². The second-order valence-corrected chi connectivity index (χ2v) is 8.15. The van der Waals surface area contributed by atoms with Gasteiger partial charge in [-0.1, -0.05) is 17.7 Å². The van der Waals surface area contributed by atoms with Gasteiger partial charge in [0.2, 0.25) is 5.91 Å². The summed E-state index contributed by atoms with van der Waals surface area (Å²) < 4.78 is 5.77. The average molecular weight is 369 g/mol. The summed E-state index contributed by atoms with van der Waals surface area (Å²) in [4.78, 5) is 14.8. The van der Waals surface area contributed by atoms with Crippen molar-refractivity contribution in [3.05, 3.63) is 28.8 Å². The van der Waals surface area contributed by atoms with Crippen molar-refractivity contribution in [1.29, 1.82) is 0 Å². The molecule has 2 heterocycles. The van der Waals surface area contributed by atoms with Gasteiger partial charge in [0.25, 0.3) is 0 Å². The van der Waals surface area contributed by atoms with Gasteiger partial charge in [0, 0.05) is 35.7 Å². The third kappa shape index (κ3) is 4.88. The molecular weight excluding hydrogens is 344 g/mol. The maximum Gasteiger partial charge on any atom is 0.238 e. The van der Waals surface area contributed by atoms with Crippen LogP contribution in [0, 0.1) is 6.92 Å². The molecule has 1 aromatic carbocycles. The molecule has 3 rings (SSSR count). The smallest absolute Gasteiger partial charge is 0.238 e. The number of hydrogen-bond acceptors (Lipinski definition) is 4. The highest BCUT2D eigenvalue weighted by molar-refractivity contribution is 7.99. The SMILES string of the molecule is Cc1ccc(NC(=O)CN(C[C@@H]2CCCO2)[C@H]2CCSC2)cc1Cl. The van der Waals surface area contributed by atoms with Crippen LogP contribution in [0.5, 0.6) is 0 Å². The quantitative estimate of drug-likeness (QED) is 0.833. The molecule has 24 heavy (non-hydrogen) atoms. The highest BCUT2D eigenvalue weighted by atomic mass is 35.5. The van der Waals surface area contributed by atoms with E-state index in [2.05, 4.69) is 10.2 Å². The Kier molecular flexibility index (Phi) is 6.44. The van der Waals surface area contributed by atoms with E-state index in [1.165, 1.54) is 5.75 Å². The average Bonchev–Trinajstić information content (AvgIpc) is 3.23. The Bertz CT molecular complexity index is 572. The molecule has 2 fully saturated rings. The van der Waals surface area contributed by atoms with Crippen LogP contribution in [0.25, 0.3) is 0 Å². The second-order valence-electron chi connectivity index (χ2n) is 6.59. The van der Waals surface area contributed by atoms with Crippen molar-refractivity contribution in [2.24, 2.45) is 0 Å². The highest BCUT2D eigenvalue weighted by Crippen LogP contribution is 2.25. The van der Waals surface area contributed by atoms with E-state index in [1.807, 2.05) is 36.9 Å². The second kappa shape index (κ2) is 8.56. The first-order valence-electron chi connectivity index (χ1n) is 8.61. The number of aryl methyl sites for hydroxylation is 1. The summed E-state index contributed by atoms with van der Waals surface area (Å²) in [5, 5.41) is 3.65. The van der Waals surface area contributed by atoms with Crippen molar-refractivity contribution < 1.29 is 9.53 Å². The van der Waals surface area contributed by atoms with Gasteiger partial charge in [0.05, 0.1) is 12.6 Å². The Balaban J connectivity index is 1.59. The molecule has 4 nitrogen and oxygen atoms in total. The maximum atomic E-state index is 12.5. The van der Waals surface area contributed by atoms with E-state index >= 15 is 0 Å². The Morgan fingerprint density at radius 2 is 2.33 bits per heavy atom. The molecular formula is C18H25ClN2O2S. The Morgan fingerprint density at radius 1 is 1.46 bits per heavy atom. The zero-order chi connectivity index (χ0) is 16.9. The van der Waals surface area contributed by atoms with Crippen LogP contribution >= 0.6 is 23.4 Å². The predicted molar refractivity (Wildman–Crippen MR) is 101 cm³/mol. The van der Waals surface area contributed by atoms with Crippen molar-refractivity contribution in [2.45, 2.75) is 38.3 Å². The lowest BCUT2D eigenvalue weighted by Gasteiger charge is -2.29. The Morgan fingerprint density at radius 3 is 3.00 bits per heavy atom. The molecule has 0 unspecified atom stereocenters. The van der Waals surface area contributed by atoms with Gasteiger partial charge in [0.15, 0.2) is 0 Å². The van der Waals surface area contributed by atoms with Gasteiger partial charge in [-0.2, -0.15) is 11.8 Å². The maximum absolute atomic E-state index is 12.5. The van der Waals surface area contributed by atoms with Crippen LogP contribution in [-0.4, -0.2) is 54.2 Å². The number of nitrogens with zero attached hydrogens (tertiary/aromatic N) is 1. The van der Waals surface area contributed by atoms with Crippen LogP contribution in [0.2, 0.25) is 5.02 Å². The minimum atomic E-state index is 0.0183. The summed E-state index contributed by atoms with van der Waals surface area (Å²) in [6.07, 6.45) is 3.66. The monoisotopic (exact) mass is 368 g/mol. The number of anilines is 1. The van der Waals surface area contributed by atoms with Crippen LogP contribution in [-0.2, 0) is 9.53 Å². The van der Waals surface area contributed by atoms with Crippen LogP contribution in [0.15, 0.2) is 18.2 Å². The van der Waals surface area contributed by atoms with E-state index in [4.69, 9.17) is 16.3 Å². The molecule has 0 radical (unpaired) electrons. The third-order valence-corrected chi connectivity index (χ3v) is 6.24. The van der Waals surface area contributed by atoms with E-state index in [-0.39, 0.29) is 12.0 Å². The molecule has 2 aliphatic heterocycles. The zero-order valence-corrected chi connectivity index (χ0v) is 15.7. The first-order chi connectivity index (χ1) is 11.6. The van der Waals surface area contributed by atoms with Crippen molar-refractivity contribution in [3.63, 3.8) is 0 Å². The largest absolute Gasteiger partial charge is 0.377 e. The first kappa shape index (κ1) is 18.1. The molecule has 1 N–H and O–H groups in total. The molecule has 0 bridgehead atoms. The number of carbonyl (C=O) groups excluding carboxylic acids is 1. The molecule has 2 aliphatic rings. The molecule has 1 aromatic rings. The van der Waals surface area contributed by atoms with Crippen LogP contribution in [0.1, 0.15) is 24.8 Å². The summed E-state index contributed by atoms with van der Waals surface area (Å²) in [7, 11) is 0. The van der Waals surface area contributed by atoms with E-state index in [9.17, 15) is 4.79 Å². The number of amides is 1. The molecule has 1 amide bonds. The minimum absolute atomic E-state index is 0.0183. The van der Waals surface area contributed by atoms with E-state index < -0.39 is 0 Å². The first-order valence-corrected chi connectivity index (χ1v) is 10.1. The molecule has 0 aromatic heterocycles. The molecule has 2 atom stereocenters. The minimum Gasteiger partial charge on any atom is -0.377 e. The summed E-state index contributed by atoms with van der Waals surface area (Å²) in [5.41, 5.74) is 1.77. The topological polar surface area (TPSA) is 41.6 Å². The number of rotatable bonds is 6. The highest BCUT2D eigenvalue weighted by Gasteiger charge is 2.28. The van der Waals surface area contributed by atoms with E-state index in [1.54, 1.807) is 0 Å². The van der Waals surface area contributed by atoms with Crippen LogP contribution < -0.4 is 5.32 Å². The van der Waals surface area contributed by atoms with Crippen molar-refractivity contribution in [1.82, 2.24) is 4.90 Å². The van der Waals surface area contributed by atoms with Gasteiger partial charge in [-0.05, 0) is 49.6 Å². The van der Waals surface area contributed by atoms with Crippen molar-refractivity contribution >= 4 is 35.0 Å². The summed E-state index contributed by atoms with van der Waals surface area (Å²) in [5.74, 6) is 2.31. The number of ether oxygens (including phenoxy) is 1. The van der Waals surface area contributed by atoms with Gasteiger partial charge in [-0.3, -0.25) is 9.69 Å². The van der Waals surface area contributed by atoms with Gasteiger partial charge < -0.3 is 10.1 Å². The fraction of sp³-hybridized carbons (Fsp3) is 0.611. The number of hydrogen-bond donors (Lipinski definition) is 1. The van der Waals surface area contributed by atoms with Crippen molar-refractivity contribution in [3.8, 4) is 0 Å². The standard InChI is InChI=1S/C18H25ClN2O2S/c1-13-4-5-14(9-17(13)19)20-18(22)11-21(15-6-8-24-12-15)10-16-3-2-7-23-16/h4-5,9,15-16H,2-3,6-8,10-12H2,1H3,(H,20,22)/t15-,16-/m0/s1. The lowest BCUT2D eigenvalue weighted by atomic mass is 10.1. The molecule has 0 aliphatic carbocycles. The van der Waals surface area contributed by atoms with Gasteiger partial charge in [-0.25, -0.2) is 0 Å². The summed E-state index contributed by atoms with van der Waals surface area (Å²) in [6.45, 7) is 4.07. The number of carbonyl (C=O) groups is 1. The molecule has 132 valence electrons. The zero-order valence-electron chi connectivity index (χ0n) is 14.1. The summed E-state index contributed by atoms with van der Waals surface area (Å²) in [6, 6.07) is 6.11. The molecule has 0 spiro atoms. The number of halogens is 1. The Labute approximate surface area is 153 Å². The van der Waals surface area contributed by atoms with E-state index in [0.717, 1.165) is 49.4 Å². The fourth-order valence-corrected chi connectivity index (χ4v) is 4.69. The normalized spacial score (nSPS) is 23.8. The van der Waals surface area contributed by atoms with Crippen molar-refractivity contribution in [2.75, 3.05) is 36.5 Å². The molecule has 6 heteroatoms. The van der Waals surface area contributed by atoms with Crippen LogP contribution in [0.4, 0.5) is 5.69 Å². The van der Waals surface area contributed by atoms with Gasteiger partial charge >= 0.3 is 0 Å². The lowest BCUT2D eigenvalue weighted by molar-refractivity contribution is -0.118. The Hall–Kier alpha value is -0.750. The van der Waals surface area contributed by atoms with E-state index in [0.29, 0.717) is 17.6 Å². The fourth-order valence-electron chi connectivity index (χ4n) is 3.26. The third-order valence-electron chi connectivity index (χ3n) is 4.69. The summed E-state index contributed by atoms with van der Waals surface area (Å²) >= 11 is 8.11.